The van der Waals surface area contributed by atoms with Crippen molar-refractivity contribution in [1.29, 1.82) is 0 Å². The van der Waals surface area contributed by atoms with Crippen LogP contribution in [0.25, 0.3) is 0 Å². The van der Waals surface area contributed by atoms with E-state index in [1.54, 1.807) is 13.8 Å². The summed E-state index contributed by atoms with van der Waals surface area (Å²) >= 11 is 0. The Morgan fingerprint density at radius 2 is 2.00 bits per heavy atom. The summed E-state index contributed by atoms with van der Waals surface area (Å²) in [6, 6.07) is 5.57. The summed E-state index contributed by atoms with van der Waals surface area (Å²) < 4.78 is 17.8. The number of hydrogen-bond donors (Lipinski definition) is 2. The van der Waals surface area contributed by atoms with Gasteiger partial charge >= 0.3 is 5.97 Å². The van der Waals surface area contributed by atoms with Gasteiger partial charge in [-0.15, -0.1) is 0 Å². The van der Waals surface area contributed by atoms with Gasteiger partial charge in [0.15, 0.2) is 5.54 Å². The molecule has 5 heteroatoms. The molecule has 1 atom stereocenters. The highest BCUT2D eigenvalue weighted by molar-refractivity contribution is 5.83. The molecule has 0 spiro atoms. The quantitative estimate of drug-likeness (QED) is 0.819. The molecule has 18 heavy (non-hydrogen) atoms. The van der Waals surface area contributed by atoms with Gasteiger partial charge in [0.2, 0.25) is 0 Å². The highest BCUT2D eigenvalue weighted by atomic mass is 19.1. The van der Waals surface area contributed by atoms with Crippen molar-refractivity contribution < 1.29 is 19.0 Å². The molecular formula is C13H18FNO3. The number of carboxylic acids is 1. The van der Waals surface area contributed by atoms with Crippen LogP contribution in [0.3, 0.4) is 0 Å². The summed E-state index contributed by atoms with van der Waals surface area (Å²) in [6.07, 6.45) is 0. The first-order valence-electron chi connectivity index (χ1n) is 5.68. The van der Waals surface area contributed by atoms with Crippen LogP contribution in [0.15, 0.2) is 24.3 Å². The lowest BCUT2D eigenvalue weighted by molar-refractivity contribution is -0.146. The van der Waals surface area contributed by atoms with Gasteiger partial charge in [0.05, 0.1) is 6.61 Å². The molecule has 1 rings (SSSR count). The molecule has 0 heterocycles. The van der Waals surface area contributed by atoms with E-state index in [1.165, 1.54) is 31.4 Å². The van der Waals surface area contributed by atoms with E-state index >= 15 is 0 Å². The van der Waals surface area contributed by atoms with Crippen LogP contribution in [-0.2, 0) is 9.53 Å². The maximum Gasteiger partial charge on any atom is 0.332 e. The number of aliphatic carboxylic acids is 1. The van der Waals surface area contributed by atoms with E-state index in [2.05, 4.69) is 5.32 Å². The number of halogens is 1. The summed E-state index contributed by atoms with van der Waals surface area (Å²) in [5, 5.41) is 12.4. The second-order valence-electron chi connectivity index (χ2n) is 4.50. The first-order chi connectivity index (χ1) is 8.42. The SMILES string of the molecule is COCC(Nc1ccc(F)cc1)(C(=O)O)C(C)C. The zero-order valence-electron chi connectivity index (χ0n) is 10.7. The van der Waals surface area contributed by atoms with Gasteiger partial charge in [-0.1, -0.05) is 13.8 Å². The normalized spacial score (nSPS) is 14.3. The molecule has 0 aliphatic heterocycles. The first-order valence-corrected chi connectivity index (χ1v) is 5.68. The van der Waals surface area contributed by atoms with Gasteiger partial charge in [-0.3, -0.25) is 0 Å². The molecule has 0 fully saturated rings. The predicted octanol–water partition coefficient (Wildman–Crippen LogP) is 2.36. The topological polar surface area (TPSA) is 58.6 Å². The van der Waals surface area contributed by atoms with Crippen LogP contribution in [0.4, 0.5) is 10.1 Å². The van der Waals surface area contributed by atoms with Crippen LogP contribution in [0.5, 0.6) is 0 Å². The van der Waals surface area contributed by atoms with Gasteiger partial charge in [0, 0.05) is 12.8 Å². The maximum atomic E-state index is 12.8. The third-order valence-electron chi connectivity index (χ3n) is 2.95. The van der Waals surface area contributed by atoms with Gasteiger partial charge in [0.1, 0.15) is 5.82 Å². The Hall–Kier alpha value is -1.62. The predicted molar refractivity (Wildman–Crippen MR) is 67.1 cm³/mol. The van der Waals surface area contributed by atoms with Crippen molar-refractivity contribution in [2.45, 2.75) is 19.4 Å². The highest BCUT2D eigenvalue weighted by Gasteiger charge is 2.42. The van der Waals surface area contributed by atoms with Crippen molar-refractivity contribution >= 4 is 11.7 Å². The van der Waals surface area contributed by atoms with E-state index in [4.69, 9.17) is 4.74 Å². The first kappa shape index (κ1) is 14.4. The van der Waals surface area contributed by atoms with Gasteiger partial charge < -0.3 is 15.2 Å². The summed E-state index contributed by atoms with van der Waals surface area (Å²) in [6.45, 7) is 3.62. The number of hydrogen-bond acceptors (Lipinski definition) is 3. The average molecular weight is 255 g/mol. The maximum absolute atomic E-state index is 12.8. The van der Waals surface area contributed by atoms with Crippen LogP contribution in [-0.4, -0.2) is 30.3 Å². The second-order valence-corrected chi connectivity index (χ2v) is 4.50. The van der Waals surface area contributed by atoms with E-state index in [0.29, 0.717) is 5.69 Å². The number of methoxy groups -OCH3 is 1. The standard InChI is InChI=1S/C13H18FNO3/c1-9(2)13(8-18-3,12(16)17)15-11-6-4-10(14)5-7-11/h4-7,9,15H,8H2,1-3H3,(H,16,17). The molecule has 1 unspecified atom stereocenters. The van der Waals surface area contributed by atoms with Crippen LogP contribution in [0, 0.1) is 11.7 Å². The molecule has 0 bridgehead atoms. The molecule has 0 aromatic heterocycles. The van der Waals surface area contributed by atoms with Crippen molar-refractivity contribution in [2.24, 2.45) is 5.92 Å². The second kappa shape index (κ2) is 5.82. The Bertz CT molecular complexity index is 405. The fourth-order valence-corrected chi connectivity index (χ4v) is 1.73. The number of nitrogens with one attached hydrogen (secondary N) is 1. The third-order valence-corrected chi connectivity index (χ3v) is 2.95. The fourth-order valence-electron chi connectivity index (χ4n) is 1.73. The molecule has 4 nitrogen and oxygen atoms in total. The molecule has 2 N–H and O–H groups in total. The molecule has 100 valence electrons. The zero-order chi connectivity index (χ0) is 13.8. The zero-order valence-corrected chi connectivity index (χ0v) is 10.7. The molecule has 1 aromatic carbocycles. The van der Waals surface area contributed by atoms with Gasteiger partial charge in [-0.2, -0.15) is 0 Å². The number of carboxylic acid groups (broad SMARTS) is 1. The molecule has 0 saturated heterocycles. The summed E-state index contributed by atoms with van der Waals surface area (Å²) in [7, 11) is 1.45. The van der Waals surface area contributed by atoms with Gasteiger partial charge in [-0.05, 0) is 30.2 Å². The number of ether oxygens (including phenoxy) is 1. The number of rotatable bonds is 6. The smallest absolute Gasteiger partial charge is 0.332 e. The number of carbonyl (C=O) groups is 1. The van der Waals surface area contributed by atoms with E-state index < -0.39 is 11.5 Å². The van der Waals surface area contributed by atoms with E-state index in [0.717, 1.165) is 0 Å². The van der Waals surface area contributed by atoms with Crippen molar-refractivity contribution in [3.63, 3.8) is 0 Å². The molecule has 0 aliphatic rings. The number of benzene rings is 1. The lowest BCUT2D eigenvalue weighted by atomic mass is 9.86. The monoisotopic (exact) mass is 255 g/mol. The Morgan fingerprint density at radius 3 is 2.39 bits per heavy atom. The van der Waals surface area contributed by atoms with Crippen molar-refractivity contribution in [1.82, 2.24) is 0 Å². The Kier molecular flexibility index (Phi) is 4.67. The molecule has 0 saturated carbocycles. The molecule has 0 amide bonds. The van der Waals surface area contributed by atoms with Crippen molar-refractivity contribution in [3.05, 3.63) is 30.1 Å². The molecule has 0 radical (unpaired) electrons. The average Bonchev–Trinajstić information content (AvgIpc) is 2.30. The Labute approximate surface area is 106 Å². The van der Waals surface area contributed by atoms with Crippen LogP contribution < -0.4 is 5.32 Å². The van der Waals surface area contributed by atoms with Crippen LogP contribution >= 0.6 is 0 Å². The van der Waals surface area contributed by atoms with E-state index in [1.807, 2.05) is 0 Å². The van der Waals surface area contributed by atoms with Crippen LogP contribution in [0.2, 0.25) is 0 Å². The largest absolute Gasteiger partial charge is 0.479 e. The molecular weight excluding hydrogens is 237 g/mol. The molecule has 1 aromatic rings. The highest BCUT2D eigenvalue weighted by Crippen LogP contribution is 2.24. The van der Waals surface area contributed by atoms with E-state index in [-0.39, 0.29) is 18.3 Å². The lowest BCUT2D eigenvalue weighted by Crippen LogP contribution is -2.54. The summed E-state index contributed by atoms with van der Waals surface area (Å²) in [5.74, 6) is -1.55. The molecule has 0 aliphatic carbocycles. The minimum Gasteiger partial charge on any atom is -0.479 e. The van der Waals surface area contributed by atoms with Crippen LogP contribution in [0.1, 0.15) is 13.8 Å². The van der Waals surface area contributed by atoms with Gasteiger partial charge in [-0.25, -0.2) is 9.18 Å². The fraction of sp³-hybridized carbons (Fsp3) is 0.462. The summed E-state index contributed by atoms with van der Waals surface area (Å²) in [4.78, 5) is 11.5. The van der Waals surface area contributed by atoms with Gasteiger partial charge in [0.25, 0.3) is 0 Å². The number of anilines is 1. The minimum absolute atomic E-state index is 0.0252. The van der Waals surface area contributed by atoms with E-state index in [9.17, 15) is 14.3 Å². The lowest BCUT2D eigenvalue weighted by Gasteiger charge is -2.34. The summed E-state index contributed by atoms with van der Waals surface area (Å²) in [5.41, 5.74) is -0.684. The van der Waals surface area contributed by atoms with Crippen molar-refractivity contribution in [2.75, 3.05) is 19.0 Å². The Morgan fingerprint density at radius 1 is 1.44 bits per heavy atom. The Balaban J connectivity index is 3.03. The van der Waals surface area contributed by atoms with Crippen molar-refractivity contribution in [3.8, 4) is 0 Å². The minimum atomic E-state index is -1.23. The third kappa shape index (κ3) is 2.98.